The Balaban J connectivity index is 1.54. The summed E-state index contributed by atoms with van der Waals surface area (Å²) in [7, 11) is 0. The summed E-state index contributed by atoms with van der Waals surface area (Å²) in [5.41, 5.74) is 2.61. The maximum Gasteiger partial charge on any atom is 0.320 e. The van der Waals surface area contributed by atoms with Crippen LogP contribution in [0.25, 0.3) is 16.7 Å². The largest absolute Gasteiger partial charge is 0.334 e. The van der Waals surface area contributed by atoms with Gasteiger partial charge >= 0.3 is 6.03 Å². The normalized spacial score (nSPS) is 10.9. The Hall–Kier alpha value is -3.94. The fourth-order valence-electron chi connectivity index (χ4n) is 3.26. The van der Waals surface area contributed by atoms with Crippen molar-refractivity contribution < 1.29 is 4.79 Å². The Kier molecular flexibility index (Phi) is 5.05. The molecular formula is C22H22N6O2. The highest BCUT2D eigenvalue weighted by atomic mass is 16.2. The van der Waals surface area contributed by atoms with E-state index in [2.05, 4.69) is 25.7 Å². The summed E-state index contributed by atoms with van der Waals surface area (Å²) in [6.07, 6.45) is 0. The van der Waals surface area contributed by atoms with E-state index in [0.717, 1.165) is 16.3 Å². The number of nitrogens with one attached hydrogen (secondary N) is 3. The molecule has 8 nitrogen and oxygen atoms in total. The van der Waals surface area contributed by atoms with Gasteiger partial charge in [0.2, 0.25) is 5.95 Å². The predicted molar refractivity (Wildman–Crippen MR) is 116 cm³/mol. The van der Waals surface area contributed by atoms with E-state index in [1.807, 2.05) is 42.5 Å². The Labute approximate surface area is 173 Å². The third-order valence-corrected chi connectivity index (χ3v) is 4.98. The first-order chi connectivity index (χ1) is 14.4. The van der Waals surface area contributed by atoms with Gasteiger partial charge < -0.3 is 5.32 Å². The van der Waals surface area contributed by atoms with Crippen LogP contribution in [0.5, 0.6) is 0 Å². The zero-order valence-electron chi connectivity index (χ0n) is 17.0. The molecule has 0 saturated heterocycles. The SMILES string of the molecule is Cc1cc(NC(=O)NCc2cccc3ccccc23)n(-c2nc(C)c(C)c(=O)[nH]2)n1. The van der Waals surface area contributed by atoms with Crippen molar-refractivity contribution in [2.45, 2.75) is 27.3 Å². The lowest BCUT2D eigenvalue weighted by atomic mass is 10.0. The minimum atomic E-state index is -0.379. The van der Waals surface area contributed by atoms with E-state index in [1.54, 1.807) is 26.8 Å². The Morgan fingerprint density at radius 1 is 1.10 bits per heavy atom. The summed E-state index contributed by atoms with van der Waals surface area (Å²) in [5.74, 6) is 0.662. The van der Waals surface area contributed by atoms with Crippen LogP contribution in [0.2, 0.25) is 0 Å². The molecular weight excluding hydrogens is 380 g/mol. The molecule has 8 heteroatoms. The molecule has 2 aromatic carbocycles. The van der Waals surface area contributed by atoms with Gasteiger partial charge in [0.1, 0.15) is 5.82 Å². The van der Waals surface area contributed by atoms with Crippen molar-refractivity contribution in [2.24, 2.45) is 0 Å². The molecule has 3 N–H and O–H groups in total. The fourth-order valence-corrected chi connectivity index (χ4v) is 3.26. The van der Waals surface area contributed by atoms with E-state index >= 15 is 0 Å². The van der Waals surface area contributed by atoms with Crippen molar-refractivity contribution in [1.29, 1.82) is 0 Å². The van der Waals surface area contributed by atoms with Crippen LogP contribution in [-0.4, -0.2) is 25.8 Å². The van der Waals surface area contributed by atoms with Crippen molar-refractivity contribution in [3.63, 3.8) is 0 Å². The summed E-state index contributed by atoms with van der Waals surface area (Å²) >= 11 is 0. The van der Waals surface area contributed by atoms with Crippen molar-refractivity contribution in [2.75, 3.05) is 5.32 Å². The van der Waals surface area contributed by atoms with Crippen LogP contribution in [0, 0.1) is 20.8 Å². The summed E-state index contributed by atoms with van der Waals surface area (Å²) in [5, 5.41) is 12.2. The van der Waals surface area contributed by atoms with Crippen molar-refractivity contribution in [1.82, 2.24) is 25.1 Å². The number of aromatic amines is 1. The molecule has 0 saturated carbocycles. The number of aromatic nitrogens is 4. The van der Waals surface area contributed by atoms with Gasteiger partial charge in [0.25, 0.3) is 5.56 Å². The number of rotatable bonds is 4. The number of carbonyl (C=O) groups excluding carboxylic acids is 1. The average molecular weight is 402 g/mol. The summed E-state index contributed by atoms with van der Waals surface area (Å²) < 4.78 is 1.42. The van der Waals surface area contributed by atoms with E-state index in [-0.39, 0.29) is 17.5 Å². The second-order valence-electron chi connectivity index (χ2n) is 7.13. The van der Waals surface area contributed by atoms with E-state index in [1.165, 1.54) is 4.68 Å². The lowest BCUT2D eigenvalue weighted by Crippen LogP contribution is -2.29. The van der Waals surface area contributed by atoms with Gasteiger partial charge in [-0.2, -0.15) is 9.78 Å². The number of fused-ring (bicyclic) bond motifs is 1. The number of benzene rings is 2. The molecule has 152 valence electrons. The minimum absolute atomic E-state index is 0.239. The Bertz CT molecular complexity index is 1300. The minimum Gasteiger partial charge on any atom is -0.334 e. The van der Waals surface area contributed by atoms with E-state index in [4.69, 9.17) is 0 Å². The quantitative estimate of drug-likeness (QED) is 0.487. The van der Waals surface area contributed by atoms with Gasteiger partial charge in [0, 0.05) is 23.9 Å². The topological polar surface area (TPSA) is 105 Å². The van der Waals surface area contributed by atoms with Crippen LogP contribution in [-0.2, 0) is 6.54 Å². The average Bonchev–Trinajstić information content (AvgIpc) is 3.10. The first-order valence-electron chi connectivity index (χ1n) is 9.58. The molecule has 2 heterocycles. The molecule has 0 atom stereocenters. The highest BCUT2D eigenvalue weighted by Gasteiger charge is 2.14. The molecule has 2 amide bonds. The van der Waals surface area contributed by atoms with Crippen LogP contribution >= 0.6 is 0 Å². The number of hydrogen-bond acceptors (Lipinski definition) is 4. The molecule has 0 aliphatic carbocycles. The van der Waals surface area contributed by atoms with Gasteiger partial charge in [-0.3, -0.25) is 15.1 Å². The molecule has 0 radical (unpaired) electrons. The molecule has 0 unspecified atom stereocenters. The number of hydrogen-bond donors (Lipinski definition) is 3. The highest BCUT2D eigenvalue weighted by molar-refractivity contribution is 5.90. The second kappa shape index (κ2) is 7.82. The van der Waals surface area contributed by atoms with Crippen LogP contribution < -0.4 is 16.2 Å². The smallest absolute Gasteiger partial charge is 0.320 e. The molecule has 0 aliphatic heterocycles. The number of carbonyl (C=O) groups is 1. The molecule has 30 heavy (non-hydrogen) atoms. The van der Waals surface area contributed by atoms with Gasteiger partial charge in [-0.25, -0.2) is 9.78 Å². The predicted octanol–water partition coefficient (Wildman–Crippen LogP) is 3.36. The number of aryl methyl sites for hydroxylation is 2. The number of anilines is 1. The number of H-pyrrole nitrogens is 1. The third-order valence-electron chi connectivity index (χ3n) is 4.98. The number of amides is 2. The van der Waals surface area contributed by atoms with Crippen molar-refractivity contribution in [3.05, 3.63) is 81.4 Å². The zero-order valence-corrected chi connectivity index (χ0v) is 17.0. The van der Waals surface area contributed by atoms with Gasteiger partial charge in [-0.1, -0.05) is 42.5 Å². The zero-order chi connectivity index (χ0) is 21.3. The monoisotopic (exact) mass is 402 g/mol. The van der Waals surface area contributed by atoms with Gasteiger partial charge in [-0.05, 0) is 37.1 Å². The first kappa shape index (κ1) is 19.4. The van der Waals surface area contributed by atoms with Gasteiger partial charge in [-0.15, -0.1) is 0 Å². The lowest BCUT2D eigenvalue weighted by molar-refractivity contribution is 0.251. The fraction of sp³-hybridized carbons (Fsp3) is 0.182. The van der Waals surface area contributed by atoms with Gasteiger partial charge in [0.15, 0.2) is 0 Å². The third kappa shape index (κ3) is 3.80. The van der Waals surface area contributed by atoms with Crippen LogP contribution in [0.1, 0.15) is 22.5 Å². The highest BCUT2D eigenvalue weighted by Crippen LogP contribution is 2.18. The van der Waals surface area contributed by atoms with Gasteiger partial charge in [0.05, 0.1) is 5.69 Å². The van der Waals surface area contributed by atoms with E-state index < -0.39 is 0 Å². The maximum absolute atomic E-state index is 12.5. The van der Waals surface area contributed by atoms with E-state index in [9.17, 15) is 9.59 Å². The van der Waals surface area contributed by atoms with Crippen LogP contribution in [0.3, 0.4) is 0 Å². The molecule has 0 spiro atoms. The van der Waals surface area contributed by atoms with Crippen LogP contribution in [0.4, 0.5) is 10.6 Å². The van der Waals surface area contributed by atoms with Crippen molar-refractivity contribution in [3.8, 4) is 5.95 Å². The molecule has 4 rings (SSSR count). The molecule has 0 fully saturated rings. The number of nitrogens with zero attached hydrogens (tertiary/aromatic N) is 3. The molecule has 0 bridgehead atoms. The van der Waals surface area contributed by atoms with E-state index in [0.29, 0.717) is 29.3 Å². The Morgan fingerprint density at radius 2 is 1.87 bits per heavy atom. The number of urea groups is 1. The standard InChI is InChI=1S/C22H22N6O2/c1-13-11-19(28(27-13)21-24-15(3)14(2)20(29)26-21)25-22(30)23-12-17-9-6-8-16-7-4-5-10-18(16)17/h4-11H,12H2,1-3H3,(H2,23,25,30)(H,24,26,29). The first-order valence-corrected chi connectivity index (χ1v) is 9.58. The Morgan fingerprint density at radius 3 is 2.67 bits per heavy atom. The molecule has 0 aliphatic rings. The molecule has 4 aromatic rings. The second-order valence-corrected chi connectivity index (χ2v) is 7.13. The summed E-state index contributed by atoms with van der Waals surface area (Å²) in [6.45, 7) is 5.64. The summed E-state index contributed by atoms with van der Waals surface area (Å²) in [6, 6.07) is 15.4. The lowest BCUT2D eigenvalue weighted by Gasteiger charge is -2.11. The summed E-state index contributed by atoms with van der Waals surface area (Å²) in [4.78, 5) is 31.7. The van der Waals surface area contributed by atoms with Crippen LogP contribution in [0.15, 0.2) is 53.3 Å². The maximum atomic E-state index is 12.5. The molecule has 2 aromatic heterocycles. The van der Waals surface area contributed by atoms with Crippen molar-refractivity contribution >= 4 is 22.6 Å².